The molecule has 3 heteroatoms. The van der Waals surface area contributed by atoms with Crippen molar-refractivity contribution in [3.8, 4) is 0 Å². The van der Waals surface area contributed by atoms with Crippen LogP contribution in [0, 0.1) is 0 Å². The molecular formula is C9H19NO2. The lowest BCUT2D eigenvalue weighted by Crippen LogP contribution is -2.51. The van der Waals surface area contributed by atoms with Crippen LogP contribution in [0.2, 0.25) is 0 Å². The normalized spacial score (nSPS) is 32.2. The van der Waals surface area contributed by atoms with Crippen molar-refractivity contribution in [2.24, 2.45) is 0 Å². The van der Waals surface area contributed by atoms with Crippen LogP contribution in [0.3, 0.4) is 0 Å². The van der Waals surface area contributed by atoms with E-state index in [-0.39, 0.29) is 5.72 Å². The van der Waals surface area contributed by atoms with Crippen LogP contribution in [-0.4, -0.2) is 29.1 Å². The molecule has 72 valence electrons. The fourth-order valence-corrected chi connectivity index (χ4v) is 1.87. The third-order valence-corrected chi connectivity index (χ3v) is 2.62. The number of rotatable bonds is 3. The Morgan fingerprint density at radius 2 is 2.17 bits per heavy atom. The van der Waals surface area contributed by atoms with E-state index < -0.39 is 0 Å². The average Bonchev–Trinajstić information content (AvgIpc) is 2.10. The standard InChI is InChI=1S/C9H19NO2/c1-3-9(12-4-2)7-5-6-8-10(9)11/h11H,3-8H2,1-2H3. The van der Waals surface area contributed by atoms with Gasteiger partial charge in [0.05, 0.1) is 0 Å². The van der Waals surface area contributed by atoms with Crippen molar-refractivity contribution in [2.45, 2.75) is 45.3 Å². The number of ether oxygens (including phenoxy) is 1. The Balaban J connectivity index is 2.60. The van der Waals surface area contributed by atoms with Crippen molar-refractivity contribution in [2.75, 3.05) is 13.2 Å². The Morgan fingerprint density at radius 3 is 2.67 bits per heavy atom. The lowest BCUT2D eigenvalue weighted by atomic mass is 9.98. The molecule has 0 bridgehead atoms. The van der Waals surface area contributed by atoms with E-state index in [1.165, 1.54) is 5.06 Å². The van der Waals surface area contributed by atoms with E-state index in [4.69, 9.17) is 4.74 Å². The Morgan fingerprint density at radius 1 is 1.42 bits per heavy atom. The van der Waals surface area contributed by atoms with E-state index in [2.05, 4.69) is 6.92 Å². The molecule has 0 aromatic rings. The van der Waals surface area contributed by atoms with Gasteiger partial charge in [-0.25, -0.2) is 0 Å². The summed E-state index contributed by atoms with van der Waals surface area (Å²) in [4.78, 5) is 0. The minimum Gasteiger partial charge on any atom is -0.359 e. The minimum absolute atomic E-state index is 0.382. The second kappa shape index (κ2) is 4.21. The van der Waals surface area contributed by atoms with Gasteiger partial charge in [0.2, 0.25) is 0 Å². The molecule has 0 spiro atoms. The Kier molecular flexibility index (Phi) is 3.50. The molecule has 0 aliphatic carbocycles. The number of hydrogen-bond acceptors (Lipinski definition) is 3. The van der Waals surface area contributed by atoms with Gasteiger partial charge in [-0.15, -0.1) is 0 Å². The molecule has 1 unspecified atom stereocenters. The van der Waals surface area contributed by atoms with Gasteiger partial charge in [-0.1, -0.05) is 6.92 Å². The van der Waals surface area contributed by atoms with E-state index in [1.807, 2.05) is 6.92 Å². The smallest absolute Gasteiger partial charge is 0.143 e. The first-order valence-electron chi connectivity index (χ1n) is 4.85. The number of hydrogen-bond donors (Lipinski definition) is 1. The van der Waals surface area contributed by atoms with Crippen LogP contribution >= 0.6 is 0 Å². The highest BCUT2D eigenvalue weighted by Crippen LogP contribution is 2.30. The SMILES string of the molecule is CCOC1(CC)CCCCN1O. The highest BCUT2D eigenvalue weighted by Gasteiger charge is 2.37. The van der Waals surface area contributed by atoms with Crippen LogP contribution in [0.4, 0.5) is 0 Å². The Bertz CT molecular complexity index is 136. The number of piperidine rings is 1. The van der Waals surface area contributed by atoms with Crippen LogP contribution in [0.5, 0.6) is 0 Å². The minimum atomic E-state index is -0.382. The molecule has 1 aliphatic heterocycles. The van der Waals surface area contributed by atoms with Crippen molar-refractivity contribution in [1.29, 1.82) is 0 Å². The summed E-state index contributed by atoms with van der Waals surface area (Å²) in [5, 5.41) is 11.0. The van der Waals surface area contributed by atoms with Crippen LogP contribution < -0.4 is 0 Å². The quantitative estimate of drug-likeness (QED) is 0.708. The fourth-order valence-electron chi connectivity index (χ4n) is 1.87. The first kappa shape index (κ1) is 9.96. The summed E-state index contributed by atoms with van der Waals surface area (Å²) in [6.07, 6.45) is 4.04. The van der Waals surface area contributed by atoms with Gasteiger partial charge in [-0.05, 0) is 32.6 Å². The van der Waals surface area contributed by atoms with Crippen LogP contribution in [-0.2, 0) is 4.74 Å². The summed E-state index contributed by atoms with van der Waals surface area (Å²) in [6, 6.07) is 0. The summed E-state index contributed by atoms with van der Waals surface area (Å²) >= 11 is 0. The summed E-state index contributed by atoms with van der Waals surface area (Å²) in [6.45, 7) is 5.45. The van der Waals surface area contributed by atoms with Crippen molar-refractivity contribution in [1.82, 2.24) is 5.06 Å². The maximum Gasteiger partial charge on any atom is 0.143 e. The maximum atomic E-state index is 9.66. The van der Waals surface area contributed by atoms with Gasteiger partial charge in [0.1, 0.15) is 5.72 Å². The molecule has 3 nitrogen and oxygen atoms in total. The molecular weight excluding hydrogens is 154 g/mol. The molecule has 1 N–H and O–H groups in total. The summed E-state index contributed by atoms with van der Waals surface area (Å²) in [5.74, 6) is 0. The van der Waals surface area contributed by atoms with Crippen molar-refractivity contribution in [3.63, 3.8) is 0 Å². The third kappa shape index (κ3) is 1.79. The van der Waals surface area contributed by atoms with Gasteiger partial charge in [0, 0.05) is 13.2 Å². The highest BCUT2D eigenvalue weighted by atomic mass is 16.6. The van der Waals surface area contributed by atoms with Gasteiger partial charge in [-0.3, -0.25) is 0 Å². The fraction of sp³-hybridized carbons (Fsp3) is 1.00. The molecule has 1 fully saturated rings. The average molecular weight is 173 g/mol. The summed E-state index contributed by atoms with van der Waals surface area (Å²) in [7, 11) is 0. The van der Waals surface area contributed by atoms with E-state index in [9.17, 15) is 5.21 Å². The van der Waals surface area contributed by atoms with Gasteiger partial charge >= 0.3 is 0 Å². The topological polar surface area (TPSA) is 32.7 Å². The van der Waals surface area contributed by atoms with Gasteiger partial charge < -0.3 is 9.94 Å². The van der Waals surface area contributed by atoms with Crippen molar-refractivity contribution >= 4 is 0 Å². The number of nitrogens with zero attached hydrogens (tertiary/aromatic N) is 1. The highest BCUT2D eigenvalue weighted by molar-refractivity contribution is 4.79. The Labute approximate surface area is 74.3 Å². The Hall–Kier alpha value is -0.120. The van der Waals surface area contributed by atoms with Gasteiger partial charge in [0.15, 0.2) is 0 Å². The molecule has 0 aromatic heterocycles. The maximum absolute atomic E-state index is 9.66. The van der Waals surface area contributed by atoms with Gasteiger partial charge in [-0.2, -0.15) is 5.06 Å². The predicted molar refractivity (Wildman–Crippen MR) is 47.0 cm³/mol. The lowest BCUT2D eigenvalue weighted by Gasteiger charge is -2.42. The van der Waals surface area contributed by atoms with Crippen LogP contribution in [0.1, 0.15) is 39.5 Å². The van der Waals surface area contributed by atoms with Crippen LogP contribution in [0.25, 0.3) is 0 Å². The van der Waals surface area contributed by atoms with Crippen molar-refractivity contribution in [3.05, 3.63) is 0 Å². The molecule has 0 aromatic carbocycles. The lowest BCUT2D eigenvalue weighted by molar-refractivity contribution is -0.296. The second-order valence-electron chi connectivity index (χ2n) is 3.31. The zero-order chi connectivity index (χ0) is 9.03. The first-order valence-corrected chi connectivity index (χ1v) is 4.85. The van der Waals surface area contributed by atoms with Gasteiger partial charge in [0.25, 0.3) is 0 Å². The number of hydroxylamine groups is 2. The zero-order valence-electron chi connectivity index (χ0n) is 8.05. The molecule has 1 heterocycles. The molecule has 0 saturated carbocycles. The van der Waals surface area contributed by atoms with Crippen LogP contribution in [0.15, 0.2) is 0 Å². The second-order valence-corrected chi connectivity index (χ2v) is 3.31. The monoisotopic (exact) mass is 173 g/mol. The molecule has 1 atom stereocenters. The molecule has 0 radical (unpaired) electrons. The zero-order valence-corrected chi connectivity index (χ0v) is 8.05. The van der Waals surface area contributed by atoms with E-state index in [1.54, 1.807) is 0 Å². The largest absolute Gasteiger partial charge is 0.359 e. The van der Waals surface area contributed by atoms with E-state index >= 15 is 0 Å². The molecule has 1 saturated heterocycles. The van der Waals surface area contributed by atoms with E-state index in [0.717, 1.165) is 32.2 Å². The summed E-state index contributed by atoms with van der Waals surface area (Å²) < 4.78 is 5.61. The van der Waals surface area contributed by atoms with Crippen molar-refractivity contribution < 1.29 is 9.94 Å². The summed E-state index contributed by atoms with van der Waals surface area (Å²) in [5.41, 5.74) is -0.382. The van der Waals surface area contributed by atoms with E-state index in [0.29, 0.717) is 6.61 Å². The molecule has 12 heavy (non-hydrogen) atoms. The first-order chi connectivity index (χ1) is 5.75. The molecule has 1 aliphatic rings. The third-order valence-electron chi connectivity index (χ3n) is 2.62. The predicted octanol–water partition coefficient (Wildman–Crippen LogP) is 2.00. The molecule has 0 amide bonds. The molecule has 1 rings (SSSR count).